The van der Waals surface area contributed by atoms with Crippen LogP contribution < -0.4 is 0 Å². The number of allylic oxidation sites excluding steroid dienone is 1. The van der Waals surface area contributed by atoms with E-state index in [2.05, 4.69) is 172 Å². The monoisotopic (exact) mass is 728 g/mol. The molecule has 2 heteroatoms. The molecule has 0 saturated carbocycles. The molecule has 0 heterocycles. The molecule has 270 valence electrons. The van der Waals surface area contributed by atoms with Gasteiger partial charge in [-0.25, -0.2) is 0 Å². The van der Waals surface area contributed by atoms with Crippen LogP contribution in [-0.2, 0) is 5.41 Å². The Morgan fingerprint density at radius 1 is 0.474 bits per heavy atom. The predicted molar refractivity (Wildman–Crippen MR) is 243 cm³/mol. The first-order valence-electron chi connectivity index (χ1n) is 19.6. The largest absolute Gasteiger partial charge is 0.300 e. The first-order chi connectivity index (χ1) is 27.9. The van der Waals surface area contributed by atoms with Gasteiger partial charge in [-0.3, -0.25) is 4.99 Å². The van der Waals surface area contributed by atoms with Crippen LogP contribution in [0, 0.1) is 5.41 Å². The fourth-order valence-corrected chi connectivity index (χ4v) is 8.85. The molecule has 0 fully saturated rings. The Kier molecular flexibility index (Phi) is 8.34. The lowest BCUT2D eigenvalue weighted by Crippen LogP contribution is -2.14. The highest BCUT2D eigenvalue weighted by Crippen LogP contribution is 2.54. The molecule has 10 rings (SSSR count). The van der Waals surface area contributed by atoms with Gasteiger partial charge < -0.3 is 5.41 Å². The molecule has 0 radical (unpaired) electrons. The van der Waals surface area contributed by atoms with Gasteiger partial charge in [0.1, 0.15) is 0 Å². The van der Waals surface area contributed by atoms with Gasteiger partial charge in [0.2, 0.25) is 0 Å². The minimum Gasteiger partial charge on any atom is -0.300 e. The van der Waals surface area contributed by atoms with Gasteiger partial charge in [-0.1, -0.05) is 190 Å². The molecule has 0 bridgehead atoms. The number of nitrogens with one attached hydrogen (secondary N) is 1. The van der Waals surface area contributed by atoms with Gasteiger partial charge in [0, 0.05) is 22.8 Å². The molecule has 9 aromatic carbocycles. The summed E-state index contributed by atoms with van der Waals surface area (Å²) in [7, 11) is 0. The van der Waals surface area contributed by atoms with E-state index < -0.39 is 0 Å². The number of rotatable bonds is 7. The van der Waals surface area contributed by atoms with Crippen molar-refractivity contribution in [2.24, 2.45) is 4.99 Å². The fourth-order valence-electron chi connectivity index (χ4n) is 8.85. The van der Waals surface area contributed by atoms with Crippen molar-refractivity contribution in [1.29, 1.82) is 5.41 Å². The Balaban J connectivity index is 1.06. The molecule has 9 aromatic rings. The van der Waals surface area contributed by atoms with Crippen molar-refractivity contribution in [2.75, 3.05) is 0 Å². The van der Waals surface area contributed by atoms with E-state index in [-0.39, 0.29) is 5.41 Å². The van der Waals surface area contributed by atoms with Gasteiger partial charge in [-0.15, -0.1) is 0 Å². The molecule has 0 amide bonds. The first kappa shape index (κ1) is 34.3. The van der Waals surface area contributed by atoms with E-state index in [9.17, 15) is 0 Å². The topological polar surface area (TPSA) is 36.2 Å². The third-order valence-corrected chi connectivity index (χ3v) is 11.8. The molecule has 1 aliphatic rings. The van der Waals surface area contributed by atoms with Crippen molar-refractivity contribution < 1.29 is 0 Å². The summed E-state index contributed by atoms with van der Waals surface area (Å²) in [5, 5.41) is 16.2. The van der Waals surface area contributed by atoms with Crippen molar-refractivity contribution >= 4 is 49.9 Å². The molecule has 1 aliphatic carbocycles. The third kappa shape index (κ3) is 5.98. The molecule has 0 aromatic heterocycles. The quantitative estimate of drug-likeness (QED) is 0.159. The predicted octanol–water partition coefficient (Wildman–Crippen LogP) is 14.3. The zero-order valence-corrected chi connectivity index (χ0v) is 32.0. The maximum absolute atomic E-state index is 8.97. The second-order valence-electron chi connectivity index (χ2n) is 15.5. The van der Waals surface area contributed by atoms with Crippen LogP contribution in [0.5, 0.6) is 0 Å². The van der Waals surface area contributed by atoms with Crippen LogP contribution in [-0.4, -0.2) is 11.9 Å². The summed E-state index contributed by atoms with van der Waals surface area (Å²) >= 11 is 0. The summed E-state index contributed by atoms with van der Waals surface area (Å²) in [4.78, 5) is 5.12. The minimum absolute atomic E-state index is 0.0962. The molecule has 0 spiro atoms. The molecule has 0 aliphatic heterocycles. The Morgan fingerprint density at radius 2 is 1.12 bits per heavy atom. The van der Waals surface area contributed by atoms with Crippen molar-refractivity contribution in [2.45, 2.75) is 19.3 Å². The van der Waals surface area contributed by atoms with Crippen LogP contribution in [0.25, 0.3) is 71.4 Å². The van der Waals surface area contributed by atoms with E-state index in [1.807, 2.05) is 42.6 Å². The van der Waals surface area contributed by atoms with Crippen molar-refractivity contribution in [3.63, 3.8) is 0 Å². The Bertz CT molecular complexity index is 3110. The Hall–Kier alpha value is -7.16. The normalized spacial score (nSPS) is 13.3. The van der Waals surface area contributed by atoms with Gasteiger partial charge in [0.15, 0.2) is 0 Å². The minimum atomic E-state index is -0.0962. The van der Waals surface area contributed by atoms with Gasteiger partial charge in [0.05, 0.1) is 11.4 Å². The van der Waals surface area contributed by atoms with Crippen LogP contribution in [0.1, 0.15) is 41.7 Å². The number of aliphatic imine (C=N–C) groups is 1. The highest BCUT2D eigenvalue weighted by molar-refractivity contribution is 6.12. The van der Waals surface area contributed by atoms with Gasteiger partial charge >= 0.3 is 0 Å². The number of hydrogen-bond acceptors (Lipinski definition) is 2. The van der Waals surface area contributed by atoms with E-state index >= 15 is 0 Å². The fraction of sp³-hybridized carbons (Fsp3) is 0.0545. The van der Waals surface area contributed by atoms with E-state index in [0.717, 1.165) is 33.2 Å². The number of hydrogen-bond donors (Lipinski definition) is 1. The lowest BCUT2D eigenvalue weighted by Gasteiger charge is -2.21. The maximum atomic E-state index is 8.97. The Morgan fingerprint density at radius 3 is 1.95 bits per heavy atom. The average molecular weight is 729 g/mol. The molecule has 0 atom stereocenters. The standard InChI is InChI=1S/C55H40N2/c1-55(2)49-25-13-24-47(54(49)53-46-22-9-8-15-37(46)29-31-50(53)55)41-20-12-19-40(33-41)45-30-28-43(44-21-10-11-23-48(44)45)35-57-52(34-51(56)38-16-4-3-5-17-38)42-27-26-36-14-6-7-18-39(36)32-42/h3-35,56H,1-2H3/b52-34-,56-51?,57-35?. The molecule has 57 heavy (non-hydrogen) atoms. The molecule has 0 unspecified atom stereocenters. The van der Waals surface area contributed by atoms with Gasteiger partial charge in [0.25, 0.3) is 0 Å². The maximum Gasteiger partial charge on any atom is 0.0723 e. The SMILES string of the molecule is CC1(C)c2cccc(-c3cccc(-c4ccc(C=N/C(=C\C(=N)c5ccccc5)c5ccc6ccccc6c5)c5ccccc45)c3)c2-c2c1ccc1ccccc21. The lowest BCUT2D eigenvalue weighted by atomic mass is 9.81. The molecule has 1 N–H and O–H groups in total. The van der Waals surface area contributed by atoms with Crippen LogP contribution in [0.2, 0.25) is 0 Å². The van der Waals surface area contributed by atoms with E-state index in [0.29, 0.717) is 5.71 Å². The van der Waals surface area contributed by atoms with Gasteiger partial charge in [-0.05, 0) is 101 Å². The molecule has 2 nitrogen and oxygen atoms in total. The van der Waals surface area contributed by atoms with E-state index in [1.165, 1.54) is 66.1 Å². The summed E-state index contributed by atoms with van der Waals surface area (Å²) < 4.78 is 0. The molecular weight excluding hydrogens is 689 g/mol. The summed E-state index contributed by atoms with van der Waals surface area (Å²) in [6.45, 7) is 4.72. The number of benzene rings is 9. The van der Waals surface area contributed by atoms with Crippen molar-refractivity contribution in [1.82, 2.24) is 0 Å². The number of nitrogens with zero attached hydrogens (tertiary/aromatic N) is 1. The second kappa shape index (κ2) is 13.8. The van der Waals surface area contributed by atoms with Crippen molar-refractivity contribution in [3.05, 3.63) is 222 Å². The van der Waals surface area contributed by atoms with Crippen molar-refractivity contribution in [3.8, 4) is 33.4 Å². The summed E-state index contributed by atoms with van der Waals surface area (Å²) in [5.74, 6) is 0. The third-order valence-electron chi connectivity index (χ3n) is 11.8. The van der Waals surface area contributed by atoms with Crippen LogP contribution in [0.3, 0.4) is 0 Å². The lowest BCUT2D eigenvalue weighted by molar-refractivity contribution is 0.661. The number of fused-ring (bicyclic) bond motifs is 7. The van der Waals surface area contributed by atoms with Crippen LogP contribution in [0.4, 0.5) is 0 Å². The molecular formula is C55H40N2. The highest BCUT2D eigenvalue weighted by Gasteiger charge is 2.37. The van der Waals surface area contributed by atoms with Crippen LogP contribution >= 0.6 is 0 Å². The van der Waals surface area contributed by atoms with Crippen LogP contribution in [0.15, 0.2) is 199 Å². The zero-order chi connectivity index (χ0) is 38.5. The average Bonchev–Trinajstić information content (AvgIpc) is 3.51. The summed E-state index contributed by atoms with van der Waals surface area (Å²) in [6.07, 6.45) is 3.83. The Labute approximate surface area is 333 Å². The van der Waals surface area contributed by atoms with Gasteiger partial charge in [-0.2, -0.15) is 0 Å². The smallest absolute Gasteiger partial charge is 0.0723 e. The van der Waals surface area contributed by atoms with E-state index in [1.54, 1.807) is 0 Å². The highest BCUT2D eigenvalue weighted by atomic mass is 14.7. The zero-order valence-electron chi connectivity index (χ0n) is 32.0. The summed E-state index contributed by atoms with van der Waals surface area (Å²) in [6, 6.07) is 66.9. The first-order valence-corrected chi connectivity index (χ1v) is 19.6. The summed E-state index contributed by atoms with van der Waals surface area (Å²) in [5.41, 5.74) is 14.2. The van der Waals surface area contributed by atoms with E-state index in [4.69, 9.17) is 10.4 Å². The molecule has 0 saturated heterocycles. The second-order valence-corrected chi connectivity index (χ2v) is 15.5.